The SMILES string of the molecule is CC1=C(C)C(C)([Si](C)(C)c2cc(C)cc([Si](C)(C)C)c2)[C]([Ti+3])=C1C.[Cl-].[Cl-].[Cl-]. The first kappa shape index (κ1) is 29.9. The zero-order chi connectivity index (χ0) is 18.7. The Morgan fingerprint density at radius 3 is 1.56 bits per heavy atom. The van der Waals surface area contributed by atoms with E-state index in [0.717, 1.165) is 0 Å². The number of aryl methyl sites for hydroxylation is 1. The van der Waals surface area contributed by atoms with Gasteiger partial charge in [-0.1, -0.05) is 0 Å². The molecule has 0 nitrogen and oxygen atoms in total. The van der Waals surface area contributed by atoms with Gasteiger partial charge in [0.15, 0.2) is 0 Å². The van der Waals surface area contributed by atoms with E-state index in [-0.39, 0.29) is 42.3 Å². The van der Waals surface area contributed by atoms with Crippen molar-refractivity contribution in [3.05, 3.63) is 44.4 Å². The van der Waals surface area contributed by atoms with Crippen LogP contribution in [0.4, 0.5) is 0 Å². The van der Waals surface area contributed by atoms with E-state index in [1.165, 1.54) is 16.7 Å². The molecule has 0 N–H and O–H groups in total. The second kappa shape index (κ2) is 9.68. The standard InChI is InChI=1S/C21H33Si2.3ClH.Ti/c1-15-11-19(22(6,7)8)13-20(12-15)23(9,10)21(5)14-16(2)17(3)18(21)4;;;;/h11-13H,1-10H3;3*1H;/q;;;;+3/p-3. The van der Waals surface area contributed by atoms with Gasteiger partial charge in [0.25, 0.3) is 0 Å². The van der Waals surface area contributed by atoms with Crippen LogP contribution in [0.1, 0.15) is 33.3 Å². The van der Waals surface area contributed by atoms with Crippen LogP contribution < -0.4 is 47.6 Å². The molecule has 0 aromatic heterocycles. The van der Waals surface area contributed by atoms with E-state index < -0.39 is 16.1 Å². The summed E-state index contributed by atoms with van der Waals surface area (Å²) in [6.07, 6.45) is 0. The van der Waals surface area contributed by atoms with Gasteiger partial charge in [0, 0.05) is 0 Å². The van der Waals surface area contributed by atoms with Gasteiger partial charge in [0.2, 0.25) is 0 Å². The quantitative estimate of drug-likeness (QED) is 0.380. The Balaban J connectivity index is 0. The Bertz CT molecular complexity index is 735. The topological polar surface area (TPSA) is 0 Å². The largest absolute Gasteiger partial charge is 1.00 e. The van der Waals surface area contributed by atoms with Crippen molar-refractivity contribution in [3.63, 3.8) is 0 Å². The third-order valence-corrected chi connectivity index (χ3v) is 15.3. The van der Waals surface area contributed by atoms with Crippen molar-refractivity contribution < 1.29 is 57.7 Å². The molecule has 150 valence electrons. The van der Waals surface area contributed by atoms with Crippen LogP contribution in [-0.4, -0.2) is 16.1 Å². The number of halogens is 3. The Labute approximate surface area is 199 Å². The van der Waals surface area contributed by atoms with Crippen LogP contribution in [-0.2, 0) is 20.4 Å². The van der Waals surface area contributed by atoms with Crippen molar-refractivity contribution in [2.24, 2.45) is 0 Å². The Morgan fingerprint density at radius 2 is 1.19 bits per heavy atom. The molecule has 0 heterocycles. The van der Waals surface area contributed by atoms with Crippen LogP contribution in [0.3, 0.4) is 0 Å². The molecule has 1 atom stereocenters. The second-order valence-corrected chi connectivity index (χ2v) is 20.0. The maximum absolute atomic E-state index is 2.58. The van der Waals surface area contributed by atoms with Gasteiger partial charge in [-0.2, -0.15) is 0 Å². The average molecular weight is 496 g/mol. The summed E-state index contributed by atoms with van der Waals surface area (Å²) in [6, 6.07) is 7.48. The molecule has 6 heteroatoms. The van der Waals surface area contributed by atoms with Crippen LogP contribution in [0.25, 0.3) is 0 Å². The van der Waals surface area contributed by atoms with Crippen LogP contribution in [0, 0.1) is 6.92 Å². The molecule has 0 saturated heterocycles. The minimum Gasteiger partial charge on any atom is -1.00 e. The van der Waals surface area contributed by atoms with Gasteiger partial charge < -0.3 is 37.2 Å². The Hall–Kier alpha value is 0.718. The fraction of sp³-hybridized carbons (Fsp3) is 0.524. The maximum Gasteiger partial charge on any atom is -1.00 e. The summed E-state index contributed by atoms with van der Waals surface area (Å²) in [5, 5.41) is 3.46. The van der Waals surface area contributed by atoms with Crippen molar-refractivity contribution in [3.8, 4) is 0 Å². The first-order valence-corrected chi connectivity index (χ1v) is 16.3. The minimum atomic E-state index is -1.72. The summed E-state index contributed by atoms with van der Waals surface area (Å²) < 4.78 is 1.60. The number of hydrogen-bond donors (Lipinski definition) is 0. The molecule has 0 spiro atoms. The van der Waals surface area contributed by atoms with Crippen molar-refractivity contribution in [1.29, 1.82) is 0 Å². The van der Waals surface area contributed by atoms with Crippen molar-refractivity contribution in [2.45, 2.75) is 72.4 Å². The van der Waals surface area contributed by atoms with E-state index >= 15 is 0 Å². The van der Waals surface area contributed by atoms with Crippen LogP contribution in [0.5, 0.6) is 0 Å². The Morgan fingerprint density at radius 1 is 0.741 bits per heavy atom. The van der Waals surface area contributed by atoms with Crippen LogP contribution in [0.15, 0.2) is 38.8 Å². The van der Waals surface area contributed by atoms with E-state index in [1.54, 1.807) is 19.8 Å². The van der Waals surface area contributed by atoms with E-state index in [9.17, 15) is 0 Å². The number of benzene rings is 1. The van der Waals surface area contributed by atoms with Gasteiger partial charge in [0.05, 0.1) is 0 Å². The first-order chi connectivity index (χ1) is 10.7. The molecule has 2 rings (SSSR count). The molecule has 1 aromatic carbocycles. The summed E-state index contributed by atoms with van der Waals surface area (Å²) in [4.78, 5) is 0. The summed E-state index contributed by atoms with van der Waals surface area (Å²) in [5.41, 5.74) is 6.08. The monoisotopic (exact) mass is 494 g/mol. The zero-order valence-corrected chi connectivity index (χ0v) is 24.2. The molecule has 0 saturated carbocycles. The average Bonchev–Trinajstić information content (AvgIpc) is 2.62. The minimum absolute atomic E-state index is 0. The molecule has 0 radical (unpaired) electrons. The van der Waals surface area contributed by atoms with Gasteiger partial charge in [-0.15, -0.1) is 0 Å². The fourth-order valence-electron chi connectivity index (χ4n) is 4.05. The normalized spacial score (nSPS) is 20.1. The maximum atomic E-state index is 2.58. The van der Waals surface area contributed by atoms with Gasteiger partial charge in [0.1, 0.15) is 0 Å². The summed E-state index contributed by atoms with van der Waals surface area (Å²) in [6.45, 7) is 24.3. The van der Waals surface area contributed by atoms with E-state index in [2.05, 4.69) is 106 Å². The molecule has 27 heavy (non-hydrogen) atoms. The fourth-order valence-corrected chi connectivity index (χ4v) is 11.1. The number of allylic oxidation sites excluding steroid dienone is 4. The molecule has 1 aliphatic carbocycles. The Kier molecular flexibility index (Phi) is 10.7. The number of rotatable bonds is 3. The predicted molar refractivity (Wildman–Crippen MR) is 111 cm³/mol. The van der Waals surface area contributed by atoms with Crippen molar-refractivity contribution >= 4 is 26.5 Å². The molecule has 1 aliphatic rings. The van der Waals surface area contributed by atoms with Crippen LogP contribution in [0.2, 0.25) is 37.8 Å². The van der Waals surface area contributed by atoms with Crippen molar-refractivity contribution in [2.75, 3.05) is 0 Å². The van der Waals surface area contributed by atoms with Crippen LogP contribution >= 0.6 is 0 Å². The smallest absolute Gasteiger partial charge is 1.00 e. The molecular weight excluding hydrogens is 463 g/mol. The molecule has 0 bridgehead atoms. The summed E-state index contributed by atoms with van der Waals surface area (Å²) >= 11 is 2.37. The molecule has 1 aromatic rings. The van der Waals surface area contributed by atoms with Gasteiger partial charge >= 0.3 is 164 Å². The molecule has 1 unspecified atom stereocenters. The second-order valence-electron chi connectivity index (χ2n) is 9.34. The third kappa shape index (κ3) is 4.90. The van der Waals surface area contributed by atoms with E-state index in [0.29, 0.717) is 0 Å². The third-order valence-electron chi connectivity index (χ3n) is 6.67. The van der Waals surface area contributed by atoms with Gasteiger partial charge in [-0.25, -0.2) is 0 Å². The molecule has 0 fully saturated rings. The first-order valence-electron chi connectivity index (χ1n) is 8.98. The molecular formula is C21H33Cl3Si2Ti. The van der Waals surface area contributed by atoms with Gasteiger partial charge in [-0.3, -0.25) is 0 Å². The van der Waals surface area contributed by atoms with Crippen molar-refractivity contribution in [1.82, 2.24) is 0 Å². The molecule has 0 aliphatic heterocycles. The van der Waals surface area contributed by atoms with Gasteiger partial charge in [-0.05, 0) is 0 Å². The van der Waals surface area contributed by atoms with E-state index in [1.807, 2.05) is 0 Å². The zero-order valence-electron chi connectivity index (χ0n) is 18.4. The van der Waals surface area contributed by atoms with E-state index in [4.69, 9.17) is 0 Å². The predicted octanol–water partition coefficient (Wildman–Crippen LogP) is -3.60. The number of hydrogen-bond acceptors (Lipinski definition) is 0. The molecule has 0 amide bonds. The summed E-state index contributed by atoms with van der Waals surface area (Å²) in [7, 11) is -3.02. The summed E-state index contributed by atoms with van der Waals surface area (Å²) in [5.74, 6) is 0.